The van der Waals surface area contributed by atoms with E-state index in [2.05, 4.69) is 6.92 Å². The van der Waals surface area contributed by atoms with Crippen molar-refractivity contribution in [3.8, 4) is 0 Å². The third-order valence-corrected chi connectivity index (χ3v) is 7.73. The predicted molar refractivity (Wildman–Crippen MR) is 126 cm³/mol. The quantitative estimate of drug-likeness (QED) is 0.146. The minimum atomic E-state index is -1.67. The van der Waals surface area contributed by atoms with E-state index in [1.807, 2.05) is 0 Å². The maximum atomic E-state index is 10.7. The molecular formula is C23H44O10S. The average molecular weight is 513 g/mol. The van der Waals surface area contributed by atoms with Gasteiger partial charge in [0, 0.05) is 0 Å². The molecule has 10 nitrogen and oxygen atoms in total. The van der Waals surface area contributed by atoms with Crippen molar-refractivity contribution in [2.24, 2.45) is 0 Å². The van der Waals surface area contributed by atoms with Crippen molar-refractivity contribution in [2.45, 2.75) is 125 Å². The third kappa shape index (κ3) is 8.52. The topological polar surface area (TPSA) is 169 Å². The lowest BCUT2D eigenvalue weighted by molar-refractivity contribution is -0.338. The molecule has 34 heavy (non-hydrogen) atoms. The zero-order valence-electron chi connectivity index (χ0n) is 20.0. The van der Waals surface area contributed by atoms with Gasteiger partial charge in [-0.3, -0.25) is 0 Å². The average Bonchev–Trinajstić information content (AvgIpc) is 2.84. The van der Waals surface area contributed by atoms with Crippen LogP contribution < -0.4 is 0 Å². The van der Waals surface area contributed by atoms with E-state index in [4.69, 9.17) is 14.2 Å². The second kappa shape index (κ2) is 15.9. The van der Waals surface area contributed by atoms with Gasteiger partial charge in [-0.15, -0.1) is 11.8 Å². The lowest BCUT2D eigenvalue weighted by Gasteiger charge is -2.46. The molecule has 10 atom stereocenters. The summed E-state index contributed by atoms with van der Waals surface area (Å²) < 4.78 is 16.7. The number of aliphatic hydroxyl groups is 7. The first kappa shape index (κ1) is 30.2. The summed E-state index contributed by atoms with van der Waals surface area (Å²) in [4.78, 5) is 0. The highest BCUT2D eigenvalue weighted by molar-refractivity contribution is 7.99. The van der Waals surface area contributed by atoms with Crippen LogP contribution >= 0.6 is 11.8 Å². The van der Waals surface area contributed by atoms with E-state index in [1.165, 1.54) is 50.3 Å². The van der Waals surface area contributed by atoms with Gasteiger partial charge in [0.25, 0.3) is 0 Å². The molecule has 2 saturated heterocycles. The fraction of sp³-hybridized carbons (Fsp3) is 1.00. The van der Waals surface area contributed by atoms with E-state index in [0.717, 1.165) is 25.0 Å². The fourth-order valence-corrected chi connectivity index (χ4v) is 5.49. The lowest BCUT2D eigenvalue weighted by Crippen LogP contribution is -2.64. The molecule has 0 amide bonds. The monoisotopic (exact) mass is 512 g/mol. The summed E-state index contributed by atoms with van der Waals surface area (Å²) >= 11 is 1.37. The Morgan fingerprint density at radius 2 is 1.24 bits per heavy atom. The number of hydrogen-bond donors (Lipinski definition) is 7. The number of rotatable bonds is 15. The molecule has 2 heterocycles. The summed E-state index contributed by atoms with van der Waals surface area (Å²) in [6.07, 6.45) is -1.73. The molecule has 2 fully saturated rings. The molecule has 0 saturated carbocycles. The first-order valence-electron chi connectivity index (χ1n) is 12.6. The zero-order valence-corrected chi connectivity index (χ0v) is 20.8. The Hall–Kier alpha value is -0.0500. The van der Waals surface area contributed by atoms with Crippen molar-refractivity contribution in [2.75, 3.05) is 19.0 Å². The molecule has 2 aliphatic rings. The normalized spacial score (nSPS) is 38.8. The Morgan fingerprint density at radius 3 is 1.82 bits per heavy atom. The number of unbranched alkanes of at least 4 members (excludes halogenated alkanes) is 8. The van der Waals surface area contributed by atoms with Crippen LogP contribution in [0, 0.1) is 0 Å². The number of thioether (sulfide) groups is 1. The highest BCUT2D eigenvalue weighted by atomic mass is 32.2. The number of hydrogen-bond acceptors (Lipinski definition) is 11. The van der Waals surface area contributed by atoms with Gasteiger partial charge in [-0.2, -0.15) is 0 Å². The van der Waals surface area contributed by atoms with E-state index < -0.39 is 73.8 Å². The molecule has 0 aromatic carbocycles. The van der Waals surface area contributed by atoms with Gasteiger partial charge in [-0.25, -0.2) is 0 Å². The van der Waals surface area contributed by atoms with Gasteiger partial charge in [0.05, 0.1) is 13.2 Å². The minimum Gasteiger partial charge on any atom is -0.394 e. The Bertz CT molecular complexity index is 540. The molecule has 0 aromatic rings. The maximum Gasteiger partial charge on any atom is 0.187 e. The standard InChI is InChI=1S/C23H44O10S/c1-2-3-4-5-6-7-8-9-10-11-34-23-20(30)18(28)21(15(13-25)32-23)33-22-19(29)17(27)16(26)14(12-24)31-22/h14-30H,2-13H2,1H3/t14-,15-,16+,17+,18-,19+,20-,21+,22+,23+/m0/s1. The van der Waals surface area contributed by atoms with Crippen LogP contribution in [-0.2, 0) is 14.2 Å². The van der Waals surface area contributed by atoms with Gasteiger partial charge in [-0.1, -0.05) is 58.3 Å². The summed E-state index contributed by atoms with van der Waals surface area (Å²) in [6.45, 7) is 1.07. The van der Waals surface area contributed by atoms with Crippen molar-refractivity contribution < 1.29 is 50.0 Å². The first-order chi connectivity index (χ1) is 16.3. The molecule has 11 heteroatoms. The molecule has 7 N–H and O–H groups in total. The van der Waals surface area contributed by atoms with Gasteiger partial charge in [0.1, 0.15) is 54.3 Å². The van der Waals surface area contributed by atoms with Crippen molar-refractivity contribution in [1.29, 1.82) is 0 Å². The Balaban J connectivity index is 1.78. The van der Waals surface area contributed by atoms with E-state index >= 15 is 0 Å². The predicted octanol–water partition coefficient (Wildman–Crippen LogP) is -0.125. The van der Waals surface area contributed by atoms with Crippen LogP contribution in [-0.4, -0.2) is 115 Å². The van der Waals surface area contributed by atoms with Gasteiger partial charge in [0.2, 0.25) is 0 Å². The second-order valence-electron chi connectivity index (χ2n) is 9.20. The Kier molecular flexibility index (Phi) is 14.1. The van der Waals surface area contributed by atoms with Gasteiger partial charge in [0.15, 0.2) is 6.29 Å². The molecule has 0 aliphatic carbocycles. The van der Waals surface area contributed by atoms with E-state index in [-0.39, 0.29) is 0 Å². The van der Waals surface area contributed by atoms with Crippen molar-refractivity contribution in [3.05, 3.63) is 0 Å². The zero-order chi connectivity index (χ0) is 25.1. The molecule has 0 spiro atoms. The molecule has 2 rings (SSSR count). The Labute approximate surface area is 206 Å². The van der Waals surface area contributed by atoms with Crippen molar-refractivity contribution in [1.82, 2.24) is 0 Å². The number of aliphatic hydroxyl groups excluding tert-OH is 7. The van der Waals surface area contributed by atoms with Crippen LogP contribution in [0.5, 0.6) is 0 Å². The molecule has 0 bridgehead atoms. The molecular weight excluding hydrogens is 468 g/mol. The lowest BCUT2D eigenvalue weighted by atomic mass is 9.97. The van der Waals surface area contributed by atoms with E-state index in [0.29, 0.717) is 0 Å². The fourth-order valence-electron chi connectivity index (χ4n) is 4.31. The van der Waals surface area contributed by atoms with Crippen molar-refractivity contribution >= 4 is 11.8 Å². The Morgan fingerprint density at radius 1 is 0.647 bits per heavy atom. The van der Waals surface area contributed by atoms with Gasteiger partial charge in [-0.05, 0) is 12.2 Å². The van der Waals surface area contributed by atoms with Crippen LogP contribution in [0.3, 0.4) is 0 Å². The van der Waals surface area contributed by atoms with Crippen LogP contribution in [0.15, 0.2) is 0 Å². The third-order valence-electron chi connectivity index (χ3n) is 6.49. The summed E-state index contributed by atoms with van der Waals surface area (Å²) in [6, 6.07) is 0. The largest absolute Gasteiger partial charge is 0.394 e. The van der Waals surface area contributed by atoms with Crippen molar-refractivity contribution in [3.63, 3.8) is 0 Å². The highest BCUT2D eigenvalue weighted by Crippen LogP contribution is 2.33. The molecule has 0 aromatic heterocycles. The SMILES string of the molecule is CCCCCCCCCCCS[C@H]1O[C@@H](CO)[C@@H](O[C@H]2O[C@@H](CO)[C@@H](O)[C@@H](O)[C@H]2O)[C@@H](O)[C@@H]1O. The summed E-state index contributed by atoms with van der Waals surface area (Å²) in [5, 5.41) is 70.3. The maximum absolute atomic E-state index is 10.7. The molecule has 0 unspecified atom stereocenters. The molecule has 0 radical (unpaired) electrons. The summed E-state index contributed by atoms with van der Waals surface area (Å²) in [5.41, 5.74) is -0.754. The first-order valence-corrected chi connectivity index (χ1v) is 13.6. The number of ether oxygens (including phenoxy) is 3. The van der Waals surface area contributed by atoms with E-state index in [9.17, 15) is 35.7 Å². The van der Waals surface area contributed by atoms with Crippen LogP contribution in [0.1, 0.15) is 64.7 Å². The van der Waals surface area contributed by atoms with Crippen LogP contribution in [0.25, 0.3) is 0 Å². The smallest absolute Gasteiger partial charge is 0.187 e. The minimum absolute atomic E-state index is 0.513. The molecule has 202 valence electrons. The van der Waals surface area contributed by atoms with Crippen LogP contribution in [0.4, 0.5) is 0 Å². The van der Waals surface area contributed by atoms with Crippen LogP contribution in [0.2, 0.25) is 0 Å². The van der Waals surface area contributed by atoms with Gasteiger partial charge >= 0.3 is 0 Å². The molecule has 2 aliphatic heterocycles. The summed E-state index contributed by atoms with van der Waals surface area (Å²) in [7, 11) is 0. The second-order valence-corrected chi connectivity index (χ2v) is 10.4. The summed E-state index contributed by atoms with van der Waals surface area (Å²) in [5.74, 6) is 0.737. The van der Waals surface area contributed by atoms with Gasteiger partial charge < -0.3 is 50.0 Å². The van der Waals surface area contributed by atoms with E-state index in [1.54, 1.807) is 0 Å². The highest BCUT2D eigenvalue weighted by Gasteiger charge is 2.50.